The molecule has 1 atom stereocenters. The minimum Gasteiger partial charge on any atom is -0.368 e. The summed E-state index contributed by atoms with van der Waals surface area (Å²) in [6, 6.07) is 7.19. The first kappa shape index (κ1) is 20.4. The lowest BCUT2D eigenvalue weighted by atomic mass is 10.0. The molecule has 5 rings (SSSR count). The summed E-state index contributed by atoms with van der Waals surface area (Å²) >= 11 is 0. The predicted molar refractivity (Wildman–Crippen MR) is 118 cm³/mol. The van der Waals surface area contributed by atoms with Gasteiger partial charge in [-0.25, -0.2) is 4.98 Å². The summed E-state index contributed by atoms with van der Waals surface area (Å²) in [7, 11) is 0. The summed E-state index contributed by atoms with van der Waals surface area (Å²) in [6.07, 6.45) is 7.46. The van der Waals surface area contributed by atoms with Crippen LogP contribution in [-0.4, -0.2) is 63.0 Å². The van der Waals surface area contributed by atoms with Crippen LogP contribution in [0.3, 0.4) is 0 Å². The van der Waals surface area contributed by atoms with Gasteiger partial charge < -0.3 is 15.0 Å². The van der Waals surface area contributed by atoms with Crippen LogP contribution in [0.1, 0.15) is 31.4 Å². The minimum atomic E-state index is -0.559. The zero-order valence-electron chi connectivity index (χ0n) is 18.0. The van der Waals surface area contributed by atoms with Crippen molar-refractivity contribution in [3.8, 4) is 11.1 Å². The molecule has 8 heteroatoms. The van der Waals surface area contributed by atoms with E-state index in [1.165, 1.54) is 4.90 Å². The van der Waals surface area contributed by atoms with Gasteiger partial charge >= 0.3 is 0 Å². The number of carbonyl (C=O) groups excluding carboxylic acids is 3. The van der Waals surface area contributed by atoms with Crippen LogP contribution < -0.4 is 5.32 Å². The Labute approximate surface area is 186 Å². The standard InChI is InChI=1S/C24H25N5O3/c1-15-19(16-4-2-10-25-12-16)8-9-21(27-15)26-13-18(14-30)28-11-3-5-20-22(28)24(32)29(23(20)31)17-6-7-17/h2,4,8-10,12,14,17-18H,3,5-7,11,13H2,1H3,(H,26,27). The first-order valence-electron chi connectivity index (χ1n) is 11.0. The summed E-state index contributed by atoms with van der Waals surface area (Å²) in [5.74, 6) is 0.244. The fourth-order valence-corrected chi connectivity index (χ4v) is 4.57. The third-order valence-corrected chi connectivity index (χ3v) is 6.32. The fourth-order valence-electron chi connectivity index (χ4n) is 4.57. The second-order valence-electron chi connectivity index (χ2n) is 8.49. The van der Waals surface area contributed by atoms with E-state index in [-0.39, 0.29) is 17.9 Å². The molecule has 1 N–H and O–H groups in total. The zero-order chi connectivity index (χ0) is 22.2. The molecule has 0 spiro atoms. The number of pyridine rings is 2. The maximum atomic E-state index is 13.0. The topological polar surface area (TPSA) is 95.5 Å². The van der Waals surface area contributed by atoms with E-state index >= 15 is 0 Å². The van der Waals surface area contributed by atoms with Gasteiger partial charge in [-0.2, -0.15) is 0 Å². The summed E-state index contributed by atoms with van der Waals surface area (Å²) in [6.45, 7) is 2.80. The van der Waals surface area contributed by atoms with Crippen LogP contribution in [0.25, 0.3) is 11.1 Å². The Morgan fingerprint density at radius 3 is 2.75 bits per heavy atom. The molecule has 3 aliphatic rings. The Bertz CT molecular complexity index is 1110. The molecule has 1 fully saturated rings. The lowest BCUT2D eigenvalue weighted by molar-refractivity contribution is -0.138. The summed E-state index contributed by atoms with van der Waals surface area (Å²) in [4.78, 5) is 49.7. The van der Waals surface area contributed by atoms with Crippen molar-refractivity contribution in [2.75, 3.05) is 18.4 Å². The molecule has 0 radical (unpaired) electrons. The van der Waals surface area contributed by atoms with Gasteiger partial charge in [-0.1, -0.05) is 6.07 Å². The van der Waals surface area contributed by atoms with Crippen molar-refractivity contribution in [1.29, 1.82) is 0 Å². The quantitative estimate of drug-likeness (QED) is 0.531. The number of imide groups is 1. The van der Waals surface area contributed by atoms with Gasteiger partial charge in [0.1, 0.15) is 23.8 Å². The summed E-state index contributed by atoms with van der Waals surface area (Å²) in [5, 5.41) is 3.23. The minimum absolute atomic E-state index is 0.0285. The number of hydrogen-bond donors (Lipinski definition) is 1. The van der Waals surface area contributed by atoms with E-state index in [9.17, 15) is 14.4 Å². The summed E-state index contributed by atoms with van der Waals surface area (Å²) < 4.78 is 0. The van der Waals surface area contributed by atoms with Gasteiger partial charge in [0.2, 0.25) is 0 Å². The van der Waals surface area contributed by atoms with Gasteiger partial charge in [0.05, 0.1) is 0 Å². The number of anilines is 1. The van der Waals surface area contributed by atoms with E-state index in [1.807, 2.05) is 31.2 Å². The SMILES string of the molecule is Cc1nc(NCC(C=O)N2CCCC3=C2C(=O)N(C2CC2)C3=O)ccc1-c1cccnc1. The number of nitrogens with zero attached hydrogens (tertiary/aromatic N) is 4. The van der Waals surface area contributed by atoms with Gasteiger partial charge in [0.15, 0.2) is 0 Å². The van der Waals surface area contributed by atoms with Gasteiger partial charge in [-0.15, -0.1) is 0 Å². The fraction of sp³-hybridized carbons (Fsp3) is 0.375. The molecule has 164 valence electrons. The lowest BCUT2D eigenvalue weighted by Crippen LogP contribution is -2.45. The van der Waals surface area contributed by atoms with E-state index in [2.05, 4.69) is 15.3 Å². The van der Waals surface area contributed by atoms with E-state index in [4.69, 9.17) is 0 Å². The van der Waals surface area contributed by atoms with Gasteiger partial charge in [0.25, 0.3) is 11.8 Å². The van der Waals surface area contributed by atoms with Crippen LogP contribution >= 0.6 is 0 Å². The molecule has 2 aliphatic heterocycles. The van der Waals surface area contributed by atoms with E-state index in [0.29, 0.717) is 36.6 Å². The zero-order valence-corrected chi connectivity index (χ0v) is 18.0. The van der Waals surface area contributed by atoms with E-state index < -0.39 is 6.04 Å². The van der Waals surface area contributed by atoms with E-state index in [1.54, 1.807) is 17.3 Å². The number of amides is 2. The highest BCUT2D eigenvalue weighted by molar-refractivity contribution is 6.19. The molecule has 4 heterocycles. The van der Waals surface area contributed by atoms with Gasteiger partial charge in [-0.3, -0.25) is 19.5 Å². The predicted octanol–water partition coefficient (Wildman–Crippen LogP) is 2.31. The average molecular weight is 431 g/mol. The Balaban J connectivity index is 1.32. The third kappa shape index (κ3) is 3.55. The largest absolute Gasteiger partial charge is 0.368 e. The number of aldehydes is 1. The average Bonchev–Trinajstić information content (AvgIpc) is 3.61. The van der Waals surface area contributed by atoms with Crippen LogP contribution in [0.4, 0.5) is 5.82 Å². The number of rotatable bonds is 7. The van der Waals surface area contributed by atoms with Crippen molar-refractivity contribution in [2.45, 2.75) is 44.7 Å². The number of nitrogens with one attached hydrogen (secondary N) is 1. The second-order valence-corrected chi connectivity index (χ2v) is 8.49. The Kier molecular flexibility index (Phi) is 5.20. The molecule has 0 bridgehead atoms. The van der Waals surface area contributed by atoms with Crippen LogP contribution in [-0.2, 0) is 14.4 Å². The molecule has 0 aromatic carbocycles. The molecule has 8 nitrogen and oxygen atoms in total. The summed E-state index contributed by atoms with van der Waals surface area (Å²) in [5.41, 5.74) is 3.83. The van der Waals surface area contributed by atoms with Gasteiger partial charge in [-0.05, 0) is 50.8 Å². The van der Waals surface area contributed by atoms with Crippen molar-refractivity contribution in [3.63, 3.8) is 0 Å². The van der Waals surface area contributed by atoms with Crippen molar-refractivity contribution in [1.82, 2.24) is 19.8 Å². The van der Waals surface area contributed by atoms with Crippen LogP contribution in [0.5, 0.6) is 0 Å². The number of carbonyl (C=O) groups is 3. The number of hydrogen-bond acceptors (Lipinski definition) is 7. The molecular formula is C24H25N5O3. The maximum Gasteiger partial charge on any atom is 0.277 e. The van der Waals surface area contributed by atoms with Crippen molar-refractivity contribution < 1.29 is 14.4 Å². The van der Waals surface area contributed by atoms with Crippen molar-refractivity contribution >= 4 is 23.9 Å². The highest BCUT2D eigenvalue weighted by Crippen LogP contribution is 2.38. The highest BCUT2D eigenvalue weighted by Gasteiger charge is 2.49. The molecule has 1 saturated carbocycles. The first-order chi connectivity index (χ1) is 15.6. The normalized spacial score (nSPS) is 19.3. The third-order valence-electron chi connectivity index (χ3n) is 6.32. The number of aromatic nitrogens is 2. The van der Waals surface area contributed by atoms with Crippen LogP contribution in [0.2, 0.25) is 0 Å². The Morgan fingerprint density at radius 2 is 2.06 bits per heavy atom. The molecular weight excluding hydrogens is 406 g/mol. The molecule has 1 unspecified atom stereocenters. The smallest absolute Gasteiger partial charge is 0.277 e. The molecule has 2 aromatic rings. The molecule has 2 aromatic heterocycles. The van der Waals surface area contributed by atoms with E-state index in [0.717, 1.165) is 42.4 Å². The van der Waals surface area contributed by atoms with Crippen LogP contribution in [0.15, 0.2) is 47.9 Å². The van der Waals surface area contributed by atoms with Crippen molar-refractivity contribution in [3.05, 3.63) is 53.6 Å². The van der Waals surface area contributed by atoms with Gasteiger partial charge in [0, 0.05) is 53.9 Å². The lowest BCUT2D eigenvalue weighted by Gasteiger charge is -2.33. The molecule has 0 saturated heterocycles. The highest BCUT2D eigenvalue weighted by atomic mass is 16.2. The number of aryl methyl sites for hydroxylation is 1. The molecule has 32 heavy (non-hydrogen) atoms. The first-order valence-corrected chi connectivity index (χ1v) is 11.0. The molecule has 1 aliphatic carbocycles. The van der Waals surface area contributed by atoms with Crippen molar-refractivity contribution in [2.24, 2.45) is 0 Å². The Hall–Kier alpha value is -3.55. The Morgan fingerprint density at radius 1 is 1.22 bits per heavy atom. The maximum absolute atomic E-state index is 13.0. The van der Waals surface area contributed by atoms with Crippen LogP contribution in [0, 0.1) is 6.92 Å². The second kappa shape index (κ2) is 8.18. The monoisotopic (exact) mass is 431 g/mol. The molecule has 2 amide bonds.